The number of thiophene rings is 1. The predicted molar refractivity (Wildman–Crippen MR) is 72.6 cm³/mol. The van der Waals surface area contributed by atoms with Crippen LogP contribution in [0.25, 0.3) is 0 Å². The van der Waals surface area contributed by atoms with E-state index in [0.29, 0.717) is 10.6 Å². The quantitative estimate of drug-likeness (QED) is 0.919. The van der Waals surface area contributed by atoms with E-state index in [1.807, 2.05) is 0 Å². The number of halogens is 2. The van der Waals surface area contributed by atoms with E-state index in [9.17, 15) is 13.6 Å². The normalized spacial score (nSPS) is 10.5. The summed E-state index contributed by atoms with van der Waals surface area (Å²) in [6, 6.07) is 4.64. The fourth-order valence-corrected chi connectivity index (χ4v) is 2.55. The standard InChI is InChI=1S/C13H12F2N2OS/c1-7-9(6-12(16)19-7)13(18)17(2)11-4-3-8(14)5-10(11)15/h3-6H,16H2,1-2H3. The van der Waals surface area contributed by atoms with Crippen LogP contribution in [0.5, 0.6) is 0 Å². The van der Waals surface area contributed by atoms with Crippen molar-refractivity contribution in [3.05, 3.63) is 46.3 Å². The van der Waals surface area contributed by atoms with Crippen LogP contribution < -0.4 is 10.6 Å². The summed E-state index contributed by atoms with van der Waals surface area (Å²) in [6.07, 6.45) is 0. The number of carbonyl (C=O) groups is 1. The van der Waals surface area contributed by atoms with Gasteiger partial charge in [0.15, 0.2) is 0 Å². The second-order valence-electron chi connectivity index (χ2n) is 4.08. The monoisotopic (exact) mass is 282 g/mol. The van der Waals surface area contributed by atoms with E-state index >= 15 is 0 Å². The number of benzene rings is 1. The molecule has 1 heterocycles. The van der Waals surface area contributed by atoms with Gasteiger partial charge in [-0.3, -0.25) is 4.79 Å². The van der Waals surface area contributed by atoms with Crippen LogP contribution in [0.3, 0.4) is 0 Å². The van der Waals surface area contributed by atoms with Crippen molar-refractivity contribution >= 4 is 27.9 Å². The first kappa shape index (κ1) is 13.5. The number of nitrogens with zero attached hydrogens (tertiary/aromatic N) is 1. The summed E-state index contributed by atoms with van der Waals surface area (Å²) in [5, 5.41) is 0.522. The zero-order valence-corrected chi connectivity index (χ0v) is 11.2. The molecule has 1 amide bonds. The Balaban J connectivity index is 2.36. The van der Waals surface area contributed by atoms with Crippen LogP contribution in [0.2, 0.25) is 0 Å². The van der Waals surface area contributed by atoms with Crippen LogP contribution in [0.15, 0.2) is 24.3 Å². The Hall–Kier alpha value is -1.95. The minimum atomic E-state index is -0.781. The molecule has 0 saturated heterocycles. The molecule has 0 atom stereocenters. The first-order chi connectivity index (χ1) is 8.90. The fourth-order valence-electron chi connectivity index (χ4n) is 1.76. The first-order valence-electron chi connectivity index (χ1n) is 5.49. The number of rotatable bonds is 2. The number of nitrogen functional groups attached to an aromatic ring is 1. The Morgan fingerprint density at radius 1 is 1.32 bits per heavy atom. The molecule has 0 aliphatic rings. The number of hydrogen-bond acceptors (Lipinski definition) is 3. The lowest BCUT2D eigenvalue weighted by atomic mass is 10.2. The van der Waals surface area contributed by atoms with Gasteiger partial charge in [-0.15, -0.1) is 11.3 Å². The number of aryl methyl sites for hydroxylation is 1. The van der Waals surface area contributed by atoms with E-state index in [2.05, 4.69) is 0 Å². The molecule has 0 aliphatic heterocycles. The molecule has 2 rings (SSSR count). The molecule has 3 nitrogen and oxygen atoms in total. The predicted octanol–water partition coefficient (Wildman–Crippen LogP) is 3.19. The molecule has 0 saturated carbocycles. The van der Waals surface area contributed by atoms with Gasteiger partial charge in [-0.2, -0.15) is 0 Å². The van der Waals surface area contributed by atoms with Gasteiger partial charge in [0.05, 0.1) is 16.3 Å². The maximum Gasteiger partial charge on any atom is 0.259 e. The molecular weight excluding hydrogens is 270 g/mol. The largest absolute Gasteiger partial charge is 0.391 e. The summed E-state index contributed by atoms with van der Waals surface area (Å²) in [4.78, 5) is 14.1. The lowest BCUT2D eigenvalue weighted by molar-refractivity contribution is 0.0992. The van der Waals surface area contributed by atoms with E-state index in [0.717, 1.165) is 21.9 Å². The highest BCUT2D eigenvalue weighted by atomic mass is 32.1. The van der Waals surface area contributed by atoms with Gasteiger partial charge < -0.3 is 10.6 Å². The molecule has 0 fully saturated rings. The summed E-state index contributed by atoms with van der Waals surface area (Å²) < 4.78 is 26.5. The van der Waals surface area contributed by atoms with Crippen LogP contribution >= 0.6 is 11.3 Å². The Labute approximate surface area is 113 Å². The van der Waals surface area contributed by atoms with Gasteiger partial charge in [0.1, 0.15) is 11.6 Å². The molecule has 2 aromatic rings. The van der Waals surface area contributed by atoms with Crippen molar-refractivity contribution < 1.29 is 13.6 Å². The third-order valence-corrected chi connectivity index (χ3v) is 3.62. The molecule has 0 aliphatic carbocycles. The van der Waals surface area contributed by atoms with Crippen LogP contribution in [0.4, 0.5) is 19.5 Å². The second-order valence-corrected chi connectivity index (χ2v) is 5.37. The van der Waals surface area contributed by atoms with Crippen molar-refractivity contribution in [2.75, 3.05) is 17.7 Å². The first-order valence-corrected chi connectivity index (χ1v) is 6.31. The Morgan fingerprint density at radius 2 is 2.00 bits per heavy atom. The van der Waals surface area contributed by atoms with Gasteiger partial charge in [0.2, 0.25) is 0 Å². The van der Waals surface area contributed by atoms with E-state index < -0.39 is 11.6 Å². The minimum absolute atomic E-state index is 0.0237. The Morgan fingerprint density at radius 3 is 2.53 bits per heavy atom. The molecule has 1 aromatic heterocycles. The molecule has 0 radical (unpaired) electrons. The number of carbonyl (C=O) groups excluding carboxylic acids is 1. The van der Waals surface area contributed by atoms with E-state index in [-0.39, 0.29) is 11.6 Å². The van der Waals surface area contributed by atoms with Crippen molar-refractivity contribution in [3.63, 3.8) is 0 Å². The maximum absolute atomic E-state index is 13.6. The highest BCUT2D eigenvalue weighted by Gasteiger charge is 2.20. The molecule has 6 heteroatoms. The summed E-state index contributed by atoms with van der Waals surface area (Å²) in [5.74, 6) is -1.84. The lowest BCUT2D eigenvalue weighted by Gasteiger charge is -2.17. The van der Waals surface area contributed by atoms with Crippen LogP contribution in [0.1, 0.15) is 15.2 Å². The minimum Gasteiger partial charge on any atom is -0.391 e. The average molecular weight is 282 g/mol. The van der Waals surface area contributed by atoms with E-state index in [1.54, 1.807) is 13.0 Å². The molecule has 100 valence electrons. The van der Waals surface area contributed by atoms with Crippen molar-refractivity contribution in [3.8, 4) is 0 Å². The summed E-state index contributed by atoms with van der Waals surface area (Å²) >= 11 is 1.29. The molecule has 0 spiro atoms. The Kier molecular flexibility index (Phi) is 3.53. The number of amides is 1. The maximum atomic E-state index is 13.6. The van der Waals surface area contributed by atoms with Crippen LogP contribution in [0, 0.1) is 18.6 Å². The molecule has 1 aromatic carbocycles. The van der Waals surface area contributed by atoms with E-state index in [1.165, 1.54) is 24.5 Å². The number of nitrogens with two attached hydrogens (primary N) is 1. The SMILES string of the molecule is Cc1sc(N)cc1C(=O)N(C)c1ccc(F)cc1F. The summed E-state index contributed by atoms with van der Waals surface area (Å²) in [5.41, 5.74) is 6.08. The van der Waals surface area contributed by atoms with Gasteiger partial charge in [-0.25, -0.2) is 8.78 Å². The molecule has 19 heavy (non-hydrogen) atoms. The second kappa shape index (κ2) is 4.97. The molecule has 0 bridgehead atoms. The van der Waals surface area contributed by atoms with E-state index in [4.69, 9.17) is 5.73 Å². The molecule has 2 N–H and O–H groups in total. The third kappa shape index (κ3) is 2.58. The zero-order valence-electron chi connectivity index (χ0n) is 10.4. The summed E-state index contributed by atoms with van der Waals surface area (Å²) in [7, 11) is 1.44. The topological polar surface area (TPSA) is 46.3 Å². The highest BCUT2D eigenvalue weighted by molar-refractivity contribution is 7.16. The van der Waals surface area contributed by atoms with Crippen molar-refractivity contribution in [2.45, 2.75) is 6.92 Å². The highest BCUT2D eigenvalue weighted by Crippen LogP contribution is 2.27. The van der Waals surface area contributed by atoms with Gasteiger partial charge in [-0.05, 0) is 25.1 Å². The summed E-state index contributed by atoms with van der Waals surface area (Å²) in [6.45, 7) is 1.77. The van der Waals surface area contributed by atoms with Gasteiger partial charge in [0, 0.05) is 18.0 Å². The van der Waals surface area contributed by atoms with Crippen molar-refractivity contribution in [1.29, 1.82) is 0 Å². The lowest BCUT2D eigenvalue weighted by Crippen LogP contribution is -2.27. The molecular formula is C13H12F2N2OS. The van der Waals surface area contributed by atoms with Gasteiger partial charge in [-0.1, -0.05) is 0 Å². The number of hydrogen-bond donors (Lipinski definition) is 1. The number of anilines is 2. The van der Waals surface area contributed by atoms with Crippen LogP contribution in [-0.4, -0.2) is 13.0 Å². The third-order valence-electron chi connectivity index (χ3n) is 2.74. The zero-order chi connectivity index (χ0) is 14.2. The average Bonchev–Trinajstić information content (AvgIpc) is 2.67. The Bertz CT molecular complexity index is 640. The van der Waals surface area contributed by atoms with Crippen molar-refractivity contribution in [1.82, 2.24) is 0 Å². The smallest absolute Gasteiger partial charge is 0.259 e. The fraction of sp³-hybridized carbons (Fsp3) is 0.154. The van der Waals surface area contributed by atoms with Gasteiger partial charge in [0.25, 0.3) is 5.91 Å². The van der Waals surface area contributed by atoms with Crippen molar-refractivity contribution in [2.24, 2.45) is 0 Å². The van der Waals surface area contributed by atoms with Crippen LogP contribution in [-0.2, 0) is 0 Å². The van der Waals surface area contributed by atoms with Gasteiger partial charge >= 0.3 is 0 Å². The molecule has 0 unspecified atom stereocenters.